The molecule has 0 fully saturated rings. The van der Waals surface area contributed by atoms with Crippen molar-refractivity contribution in [2.45, 2.75) is 6.92 Å². The molecule has 0 atom stereocenters. The predicted molar refractivity (Wildman–Crippen MR) is 87.7 cm³/mol. The lowest BCUT2D eigenvalue weighted by Gasteiger charge is -2.08. The number of fused-ring (bicyclic) bond motifs is 6. The zero-order valence-electron chi connectivity index (χ0n) is 10.4. The van der Waals surface area contributed by atoms with E-state index in [0.717, 1.165) is 3.70 Å². The van der Waals surface area contributed by atoms with Crippen LogP contribution in [0.25, 0.3) is 27.2 Å². The first kappa shape index (κ1) is 11.2. The minimum absolute atomic E-state index is 1.02. The van der Waals surface area contributed by atoms with Crippen LogP contribution in [0.3, 0.4) is 0 Å². The van der Waals surface area contributed by atoms with Gasteiger partial charge in [0, 0.05) is 10.8 Å². The van der Waals surface area contributed by atoms with Gasteiger partial charge in [0.25, 0.3) is 0 Å². The largest absolute Gasteiger partial charge is 0.231 e. The second kappa shape index (κ2) is 3.93. The molecule has 19 heavy (non-hydrogen) atoms. The Morgan fingerprint density at radius 1 is 0.895 bits per heavy atom. The molecule has 0 aliphatic rings. The van der Waals surface area contributed by atoms with Crippen LogP contribution in [0.15, 0.2) is 48.5 Å². The molecule has 0 saturated heterocycles. The standard InChI is InChI=1S/C16H11IN2/c1-10-6-7-13-11-4-2-3-5-12(11)15-9-16(17)18-19(15)14(13)8-10/h2-9H,1H3. The fraction of sp³-hybridized carbons (Fsp3) is 0.0625. The Kier molecular flexibility index (Phi) is 2.33. The molecule has 0 saturated carbocycles. The summed E-state index contributed by atoms with van der Waals surface area (Å²) in [6, 6.07) is 17.2. The second-order valence-corrected chi connectivity index (χ2v) is 5.94. The smallest absolute Gasteiger partial charge is 0.124 e. The van der Waals surface area contributed by atoms with Crippen LogP contribution in [-0.2, 0) is 0 Å². The monoisotopic (exact) mass is 358 g/mol. The molecule has 0 spiro atoms. The van der Waals surface area contributed by atoms with Gasteiger partial charge in [0.05, 0.1) is 11.0 Å². The van der Waals surface area contributed by atoms with Gasteiger partial charge in [-0.05, 0) is 52.6 Å². The van der Waals surface area contributed by atoms with E-state index in [1.807, 2.05) is 0 Å². The minimum atomic E-state index is 1.02. The summed E-state index contributed by atoms with van der Waals surface area (Å²) in [4.78, 5) is 0. The number of pyridine rings is 1. The molecule has 2 aromatic heterocycles. The van der Waals surface area contributed by atoms with E-state index in [1.54, 1.807) is 0 Å². The van der Waals surface area contributed by atoms with Gasteiger partial charge in [-0.15, -0.1) is 0 Å². The lowest BCUT2D eigenvalue weighted by molar-refractivity contribution is 0.989. The van der Waals surface area contributed by atoms with Gasteiger partial charge in [-0.25, -0.2) is 4.52 Å². The van der Waals surface area contributed by atoms with Gasteiger partial charge in [-0.1, -0.05) is 36.4 Å². The number of hydrogen-bond acceptors (Lipinski definition) is 1. The van der Waals surface area contributed by atoms with Gasteiger partial charge >= 0.3 is 0 Å². The van der Waals surface area contributed by atoms with Gasteiger partial charge in [-0.3, -0.25) is 0 Å². The molecule has 0 N–H and O–H groups in total. The Hall–Kier alpha value is -1.62. The number of aromatic nitrogens is 2. The number of nitrogens with zero attached hydrogens (tertiary/aromatic N) is 2. The van der Waals surface area contributed by atoms with Gasteiger partial charge in [0.1, 0.15) is 3.70 Å². The van der Waals surface area contributed by atoms with Crippen molar-refractivity contribution in [3.05, 3.63) is 57.8 Å². The van der Waals surface area contributed by atoms with E-state index in [1.165, 1.54) is 32.8 Å². The maximum Gasteiger partial charge on any atom is 0.124 e. The van der Waals surface area contributed by atoms with Crippen LogP contribution >= 0.6 is 22.6 Å². The topological polar surface area (TPSA) is 17.3 Å². The number of hydrogen-bond donors (Lipinski definition) is 0. The summed E-state index contributed by atoms with van der Waals surface area (Å²) < 4.78 is 3.09. The third kappa shape index (κ3) is 1.57. The lowest BCUT2D eigenvalue weighted by Crippen LogP contribution is -1.93. The van der Waals surface area contributed by atoms with Gasteiger partial charge in [0.2, 0.25) is 0 Å². The van der Waals surface area contributed by atoms with Crippen molar-refractivity contribution in [1.82, 2.24) is 9.61 Å². The summed E-state index contributed by atoms with van der Waals surface area (Å²) in [6.45, 7) is 2.12. The summed E-state index contributed by atoms with van der Waals surface area (Å²) in [5.41, 5.74) is 3.62. The average molecular weight is 358 g/mol. The van der Waals surface area contributed by atoms with Gasteiger partial charge in [-0.2, -0.15) is 5.10 Å². The van der Waals surface area contributed by atoms with Crippen LogP contribution in [0.2, 0.25) is 0 Å². The van der Waals surface area contributed by atoms with Crippen LogP contribution in [0.1, 0.15) is 5.56 Å². The average Bonchev–Trinajstić information content (AvgIpc) is 2.81. The number of aryl methyl sites for hydroxylation is 1. The molecule has 0 unspecified atom stereocenters. The molecule has 0 radical (unpaired) electrons. The third-order valence-corrected chi connectivity index (χ3v) is 4.08. The first-order valence-corrected chi connectivity index (χ1v) is 7.28. The van der Waals surface area contributed by atoms with Gasteiger partial charge in [0.15, 0.2) is 0 Å². The molecule has 2 aromatic carbocycles. The molecule has 0 aliphatic carbocycles. The molecule has 0 bridgehead atoms. The van der Waals surface area contributed by atoms with Crippen LogP contribution in [0, 0.1) is 10.6 Å². The lowest BCUT2D eigenvalue weighted by atomic mass is 10.0. The number of halogens is 1. The quantitative estimate of drug-likeness (QED) is 0.333. The van der Waals surface area contributed by atoms with E-state index in [0.29, 0.717) is 0 Å². The van der Waals surface area contributed by atoms with Crippen molar-refractivity contribution in [3.63, 3.8) is 0 Å². The summed E-state index contributed by atoms with van der Waals surface area (Å²) in [5, 5.41) is 8.44. The number of benzene rings is 2. The highest BCUT2D eigenvalue weighted by atomic mass is 127. The summed E-state index contributed by atoms with van der Waals surface area (Å²) in [5.74, 6) is 0. The van der Waals surface area contributed by atoms with E-state index >= 15 is 0 Å². The van der Waals surface area contributed by atoms with Crippen molar-refractivity contribution in [1.29, 1.82) is 0 Å². The van der Waals surface area contributed by atoms with Crippen LogP contribution in [0.5, 0.6) is 0 Å². The van der Waals surface area contributed by atoms with Crippen LogP contribution in [0.4, 0.5) is 0 Å². The Labute approximate surface area is 124 Å². The normalized spacial score (nSPS) is 11.7. The summed E-state index contributed by atoms with van der Waals surface area (Å²) in [6.07, 6.45) is 0. The van der Waals surface area contributed by atoms with E-state index in [4.69, 9.17) is 0 Å². The minimum Gasteiger partial charge on any atom is -0.231 e. The summed E-state index contributed by atoms with van der Waals surface area (Å²) >= 11 is 2.28. The van der Waals surface area contributed by atoms with Crippen LogP contribution in [-0.4, -0.2) is 9.61 Å². The zero-order valence-corrected chi connectivity index (χ0v) is 12.5. The molecular weight excluding hydrogens is 347 g/mol. The molecule has 3 heteroatoms. The van der Waals surface area contributed by atoms with Crippen molar-refractivity contribution in [2.24, 2.45) is 0 Å². The van der Waals surface area contributed by atoms with Crippen molar-refractivity contribution in [2.75, 3.05) is 0 Å². The number of rotatable bonds is 0. The van der Waals surface area contributed by atoms with Gasteiger partial charge < -0.3 is 0 Å². The van der Waals surface area contributed by atoms with E-state index in [2.05, 4.69) is 87.7 Å². The Morgan fingerprint density at radius 3 is 2.42 bits per heavy atom. The Morgan fingerprint density at radius 2 is 1.58 bits per heavy atom. The fourth-order valence-corrected chi connectivity index (χ4v) is 3.22. The second-order valence-electron chi connectivity index (χ2n) is 4.83. The van der Waals surface area contributed by atoms with Crippen LogP contribution < -0.4 is 0 Å². The molecular formula is C16H11IN2. The van der Waals surface area contributed by atoms with Crippen molar-refractivity contribution in [3.8, 4) is 0 Å². The van der Waals surface area contributed by atoms with E-state index < -0.39 is 0 Å². The molecule has 4 rings (SSSR count). The van der Waals surface area contributed by atoms with Crippen molar-refractivity contribution < 1.29 is 0 Å². The maximum absolute atomic E-state index is 4.64. The maximum atomic E-state index is 4.64. The predicted octanol–water partition coefficient (Wildman–Crippen LogP) is 4.55. The van der Waals surface area contributed by atoms with Crippen molar-refractivity contribution >= 4 is 49.8 Å². The Bertz CT molecular complexity index is 938. The highest BCUT2D eigenvalue weighted by molar-refractivity contribution is 14.1. The third-order valence-electron chi connectivity index (χ3n) is 3.55. The summed E-state index contributed by atoms with van der Waals surface area (Å²) in [7, 11) is 0. The fourth-order valence-electron chi connectivity index (χ4n) is 2.71. The highest BCUT2D eigenvalue weighted by Gasteiger charge is 2.10. The first-order chi connectivity index (χ1) is 9.24. The zero-order chi connectivity index (χ0) is 13.0. The molecule has 4 aromatic rings. The highest BCUT2D eigenvalue weighted by Crippen LogP contribution is 2.30. The van der Waals surface area contributed by atoms with E-state index in [-0.39, 0.29) is 0 Å². The molecule has 2 nitrogen and oxygen atoms in total. The Balaban J connectivity index is 2.42. The SMILES string of the molecule is Cc1ccc2c3ccccc3c3cc(I)nn3c2c1. The van der Waals surface area contributed by atoms with E-state index in [9.17, 15) is 0 Å². The molecule has 0 amide bonds. The molecule has 92 valence electrons. The molecule has 0 aliphatic heterocycles. The first-order valence-electron chi connectivity index (χ1n) is 6.20. The molecule has 2 heterocycles.